The van der Waals surface area contributed by atoms with E-state index in [1.165, 1.54) is 0 Å². The molecule has 0 aliphatic heterocycles. The second-order valence-corrected chi connectivity index (χ2v) is 9.02. The summed E-state index contributed by atoms with van der Waals surface area (Å²) in [6, 6.07) is 46.4. The van der Waals surface area contributed by atoms with E-state index in [1.807, 2.05) is 109 Å². The molecule has 1 atom stereocenters. The van der Waals surface area contributed by atoms with Gasteiger partial charge in [0, 0.05) is 21.4 Å². The Morgan fingerprint density at radius 2 is 0.941 bits per heavy atom. The summed E-state index contributed by atoms with van der Waals surface area (Å²) in [5, 5.41) is 12.6. The number of rotatable bonds is 6. The molecular formula is C31H24BrNO. The lowest BCUT2D eigenvalue weighted by Gasteiger charge is -2.35. The molecule has 3 heteroatoms. The van der Waals surface area contributed by atoms with E-state index in [0.29, 0.717) is 0 Å². The van der Waals surface area contributed by atoms with Crippen LogP contribution in [0.2, 0.25) is 0 Å². The van der Waals surface area contributed by atoms with Crippen molar-refractivity contribution in [2.75, 3.05) is 4.90 Å². The summed E-state index contributed by atoms with van der Waals surface area (Å²) in [4.78, 5) is 2.20. The van der Waals surface area contributed by atoms with E-state index in [2.05, 4.69) is 51.2 Å². The van der Waals surface area contributed by atoms with Gasteiger partial charge < -0.3 is 10.0 Å². The average molecular weight is 506 g/mol. The van der Waals surface area contributed by atoms with E-state index in [0.717, 1.165) is 38.2 Å². The minimum absolute atomic E-state index is 0.801. The van der Waals surface area contributed by atoms with Crippen LogP contribution in [0, 0.1) is 0 Å². The molecule has 0 radical (unpaired) electrons. The molecule has 0 bridgehead atoms. The van der Waals surface area contributed by atoms with Crippen LogP contribution in [0.3, 0.4) is 0 Å². The number of benzene rings is 5. The lowest BCUT2D eigenvalue weighted by atomic mass is 9.79. The summed E-state index contributed by atoms with van der Waals surface area (Å²) in [6.45, 7) is 0. The van der Waals surface area contributed by atoms with Gasteiger partial charge in [-0.15, -0.1) is 0 Å². The maximum Gasteiger partial charge on any atom is 0.142 e. The number of nitrogens with zero attached hydrogens (tertiary/aromatic N) is 1. The Labute approximate surface area is 208 Å². The van der Waals surface area contributed by atoms with Crippen LogP contribution in [0.5, 0.6) is 0 Å². The highest BCUT2D eigenvalue weighted by Crippen LogP contribution is 2.45. The van der Waals surface area contributed by atoms with Crippen LogP contribution in [0.15, 0.2) is 144 Å². The molecule has 34 heavy (non-hydrogen) atoms. The minimum Gasteiger partial charge on any atom is -0.376 e. The topological polar surface area (TPSA) is 23.5 Å². The monoisotopic (exact) mass is 505 g/mol. The molecule has 2 nitrogen and oxygen atoms in total. The van der Waals surface area contributed by atoms with E-state index in [4.69, 9.17) is 0 Å². The smallest absolute Gasteiger partial charge is 0.142 e. The number of hydrogen-bond acceptors (Lipinski definition) is 2. The van der Waals surface area contributed by atoms with Gasteiger partial charge in [0.1, 0.15) is 5.60 Å². The first-order valence-electron chi connectivity index (χ1n) is 11.2. The summed E-state index contributed by atoms with van der Waals surface area (Å²) in [5.74, 6) is 0. The third kappa shape index (κ3) is 4.16. The Morgan fingerprint density at radius 3 is 1.50 bits per heavy atom. The third-order valence-electron chi connectivity index (χ3n) is 6.02. The quantitative estimate of drug-likeness (QED) is 0.235. The normalized spacial score (nSPS) is 12.6. The van der Waals surface area contributed by atoms with Crippen molar-refractivity contribution in [1.82, 2.24) is 0 Å². The SMILES string of the molecule is OC(c1ccccc1)(c1ccc(Br)cc1)c1ccccc1N(c1ccccc1)c1ccccc1. The lowest BCUT2D eigenvalue weighted by molar-refractivity contribution is 0.126. The highest BCUT2D eigenvalue weighted by Gasteiger charge is 2.37. The molecule has 0 heterocycles. The Morgan fingerprint density at radius 1 is 0.500 bits per heavy atom. The zero-order chi connectivity index (χ0) is 23.4. The first kappa shape index (κ1) is 22.1. The van der Waals surface area contributed by atoms with E-state index >= 15 is 0 Å². The fourth-order valence-corrected chi connectivity index (χ4v) is 4.67. The first-order valence-corrected chi connectivity index (χ1v) is 12.0. The van der Waals surface area contributed by atoms with Crippen LogP contribution in [-0.4, -0.2) is 5.11 Å². The van der Waals surface area contributed by atoms with Crippen molar-refractivity contribution >= 4 is 33.0 Å². The molecular weight excluding hydrogens is 482 g/mol. The molecule has 1 N–H and O–H groups in total. The van der Waals surface area contributed by atoms with Crippen molar-refractivity contribution in [2.45, 2.75) is 5.60 Å². The van der Waals surface area contributed by atoms with E-state index in [1.54, 1.807) is 0 Å². The van der Waals surface area contributed by atoms with Gasteiger partial charge in [-0.1, -0.05) is 113 Å². The second-order valence-electron chi connectivity index (χ2n) is 8.11. The predicted octanol–water partition coefficient (Wildman–Crippen LogP) is 8.20. The van der Waals surface area contributed by atoms with Crippen LogP contribution < -0.4 is 4.90 Å². The Hall–Kier alpha value is -3.66. The first-order chi connectivity index (χ1) is 16.7. The Kier molecular flexibility index (Phi) is 6.31. The summed E-state index contributed by atoms with van der Waals surface area (Å²) >= 11 is 3.53. The van der Waals surface area contributed by atoms with Gasteiger partial charge in [0.15, 0.2) is 0 Å². The lowest BCUT2D eigenvalue weighted by Crippen LogP contribution is -2.31. The highest BCUT2D eigenvalue weighted by molar-refractivity contribution is 9.10. The van der Waals surface area contributed by atoms with Gasteiger partial charge in [0.2, 0.25) is 0 Å². The van der Waals surface area contributed by atoms with Crippen LogP contribution in [0.1, 0.15) is 16.7 Å². The maximum absolute atomic E-state index is 12.6. The molecule has 1 unspecified atom stereocenters. The summed E-state index contributed by atoms with van der Waals surface area (Å²) in [5.41, 5.74) is 4.01. The van der Waals surface area contributed by atoms with E-state index < -0.39 is 5.60 Å². The fourth-order valence-electron chi connectivity index (χ4n) is 4.40. The van der Waals surface area contributed by atoms with Crippen molar-refractivity contribution in [3.63, 3.8) is 0 Å². The Bertz CT molecular complexity index is 1320. The number of anilines is 3. The zero-order valence-corrected chi connectivity index (χ0v) is 20.1. The molecule has 5 aromatic rings. The van der Waals surface area contributed by atoms with Gasteiger partial charge in [-0.3, -0.25) is 0 Å². The van der Waals surface area contributed by atoms with Crippen molar-refractivity contribution in [1.29, 1.82) is 0 Å². The van der Waals surface area contributed by atoms with Crippen molar-refractivity contribution < 1.29 is 5.11 Å². The Balaban J connectivity index is 1.79. The van der Waals surface area contributed by atoms with Gasteiger partial charge >= 0.3 is 0 Å². The molecule has 0 fully saturated rings. The molecule has 0 aliphatic rings. The van der Waals surface area contributed by atoms with Crippen LogP contribution in [0.25, 0.3) is 0 Å². The standard InChI is InChI=1S/C31H24BrNO/c32-26-22-20-25(21-23-26)31(34,24-12-4-1-5-13-24)29-18-10-11-19-30(29)33(27-14-6-2-7-15-27)28-16-8-3-9-17-28/h1-23,34H. The molecule has 0 aliphatic carbocycles. The summed E-state index contributed by atoms with van der Waals surface area (Å²) < 4.78 is 0.968. The molecule has 0 amide bonds. The zero-order valence-electron chi connectivity index (χ0n) is 18.6. The molecule has 5 aromatic carbocycles. The summed E-state index contributed by atoms with van der Waals surface area (Å²) in [6.07, 6.45) is 0. The number of para-hydroxylation sites is 3. The van der Waals surface area contributed by atoms with Gasteiger partial charge in [0.25, 0.3) is 0 Å². The molecule has 0 spiro atoms. The number of halogens is 1. The van der Waals surface area contributed by atoms with Crippen LogP contribution in [0.4, 0.5) is 17.1 Å². The van der Waals surface area contributed by atoms with Gasteiger partial charge in [-0.25, -0.2) is 0 Å². The van der Waals surface area contributed by atoms with Gasteiger partial charge in [-0.05, 0) is 53.6 Å². The minimum atomic E-state index is -1.36. The third-order valence-corrected chi connectivity index (χ3v) is 6.55. The number of hydrogen-bond donors (Lipinski definition) is 1. The maximum atomic E-state index is 12.6. The number of aliphatic hydroxyl groups is 1. The van der Waals surface area contributed by atoms with Crippen LogP contribution in [-0.2, 0) is 5.60 Å². The van der Waals surface area contributed by atoms with E-state index in [9.17, 15) is 5.11 Å². The van der Waals surface area contributed by atoms with E-state index in [-0.39, 0.29) is 0 Å². The second kappa shape index (κ2) is 9.68. The van der Waals surface area contributed by atoms with Gasteiger partial charge in [0.05, 0.1) is 5.69 Å². The molecule has 5 rings (SSSR count). The molecule has 0 saturated carbocycles. The summed E-state index contributed by atoms with van der Waals surface area (Å²) in [7, 11) is 0. The highest BCUT2D eigenvalue weighted by atomic mass is 79.9. The average Bonchev–Trinajstić information content (AvgIpc) is 2.91. The molecule has 166 valence electrons. The molecule has 0 aromatic heterocycles. The fraction of sp³-hybridized carbons (Fsp3) is 0.0323. The van der Waals surface area contributed by atoms with Crippen molar-refractivity contribution in [3.05, 3.63) is 161 Å². The molecule has 0 saturated heterocycles. The van der Waals surface area contributed by atoms with Crippen molar-refractivity contribution in [2.24, 2.45) is 0 Å². The van der Waals surface area contributed by atoms with Crippen LogP contribution >= 0.6 is 15.9 Å². The van der Waals surface area contributed by atoms with Gasteiger partial charge in [-0.2, -0.15) is 0 Å². The predicted molar refractivity (Wildman–Crippen MR) is 144 cm³/mol. The largest absolute Gasteiger partial charge is 0.376 e. The van der Waals surface area contributed by atoms with Crippen molar-refractivity contribution in [3.8, 4) is 0 Å².